The number of amides is 1. The van der Waals surface area contributed by atoms with Gasteiger partial charge >= 0.3 is 0 Å². The number of nitrogens with one attached hydrogen (secondary N) is 1. The fraction of sp³-hybridized carbons (Fsp3) is 0.519. The number of halogens is 1. The first-order valence-electron chi connectivity index (χ1n) is 11.9. The van der Waals surface area contributed by atoms with Crippen LogP contribution in [-0.2, 0) is 17.9 Å². The summed E-state index contributed by atoms with van der Waals surface area (Å²) in [4.78, 5) is 15.3. The van der Waals surface area contributed by atoms with Gasteiger partial charge in [0.2, 0.25) is 5.91 Å². The predicted molar refractivity (Wildman–Crippen MR) is 134 cm³/mol. The minimum Gasteiger partial charge on any atom is -0.489 e. The Morgan fingerprint density at radius 2 is 1.88 bits per heavy atom. The van der Waals surface area contributed by atoms with E-state index in [-0.39, 0.29) is 11.8 Å². The van der Waals surface area contributed by atoms with E-state index in [1.165, 1.54) is 16.7 Å². The standard InChI is InChI=1S/C27H37ClN2O3/c1-18(2)16-30(17-22-12-24(28)26-25(13-22)32-9-6-10-33-26)27(31)21(5)14-29-15-23-11-19(3)7-8-20(23)4/h7-8,11-13,18,21,29H,6,9-10,14-17H2,1-5H3. The van der Waals surface area contributed by atoms with Crippen molar-refractivity contribution >= 4 is 17.5 Å². The van der Waals surface area contributed by atoms with Crippen molar-refractivity contribution in [3.05, 3.63) is 57.6 Å². The summed E-state index contributed by atoms with van der Waals surface area (Å²) in [5.41, 5.74) is 4.74. The number of fused-ring (bicyclic) bond motifs is 1. The zero-order valence-corrected chi connectivity index (χ0v) is 21.3. The lowest BCUT2D eigenvalue weighted by atomic mass is 10.0. The van der Waals surface area contributed by atoms with E-state index in [2.05, 4.69) is 51.2 Å². The third-order valence-corrected chi connectivity index (χ3v) is 6.11. The number of aryl methyl sites for hydroxylation is 2. The molecule has 6 heteroatoms. The number of hydrogen-bond acceptors (Lipinski definition) is 4. The minimum atomic E-state index is -0.134. The van der Waals surface area contributed by atoms with Gasteiger partial charge in [-0.25, -0.2) is 0 Å². The van der Waals surface area contributed by atoms with Crippen LogP contribution >= 0.6 is 11.6 Å². The quantitative estimate of drug-likeness (QED) is 0.521. The molecule has 1 aliphatic rings. The molecule has 1 unspecified atom stereocenters. The Morgan fingerprint density at radius 3 is 2.64 bits per heavy atom. The van der Waals surface area contributed by atoms with Crippen molar-refractivity contribution in [2.75, 3.05) is 26.3 Å². The molecule has 1 N–H and O–H groups in total. The van der Waals surface area contributed by atoms with Crippen LogP contribution in [0.15, 0.2) is 30.3 Å². The molecule has 0 spiro atoms. The second-order valence-electron chi connectivity index (χ2n) is 9.53. The Bertz CT molecular complexity index is 961. The molecule has 2 aromatic carbocycles. The average molecular weight is 473 g/mol. The second-order valence-corrected chi connectivity index (χ2v) is 9.94. The zero-order valence-electron chi connectivity index (χ0n) is 20.5. The Balaban J connectivity index is 1.66. The molecular formula is C27H37ClN2O3. The Labute approximate surface area is 203 Å². The molecule has 1 amide bonds. The highest BCUT2D eigenvalue weighted by atomic mass is 35.5. The van der Waals surface area contributed by atoms with Crippen molar-refractivity contribution < 1.29 is 14.3 Å². The number of ether oxygens (including phenoxy) is 2. The van der Waals surface area contributed by atoms with Crippen molar-refractivity contribution in [1.82, 2.24) is 10.2 Å². The Morgan fingerprint density at radius 1 is 1.12 bits per heavy atom. The summed E-state index contributed by atoms with van der Waals surface area (Å²) in [6.45, 7) is 14.2. The lowest BCUT2D eigenvalue weighted by molar-refractivity contribution is -0.136. The van der Waals surface area contributed by atoms with Gasteiger partial charge in [-0.2, -0.15) is 0 Å². The molecular weight excluding hydrogens is 436 g/mol. The molecule has 180 valence electrons. The van der Waals surface area contributed by atoms with E-state index in [9.17, 15) is 4.79 Å². The largest absolute Gasteiger partial charge is 0.489 e. The third-order valence-electron chi connectivity index (χ3n) is 5.82. The molecule has 1 heterocycles. The number of carbonyl (C=O) groups is 1. The molecule has 0 aliphatic carbocycles. The van der Waals surface area contributed by atoms with Gasteiger partial charge in [0.15, 0.2) is 11.5 Å². The summed E-state index contributed by atoms with van der Waals surface area (Å²) in [6.07, 6.45) is 0.824. The molecule has 33 heavy (non-hydrogen) atoms. The highest BCUT2D eigenvalue weighted by molar-refractivity contribution is 6.32. The van der Waals surface area contributed by atoms with Gasteiger partial charge in [-0.3, -0.25) is 4.79 Å². The molecule has 3 rings (SSSR count). The van der Waals surface area contributed by atoms with Gasteiger partial charge in [-0.05, 0) is 48.6 Å². The maximum Gasteiger partial charge on any atom is 0.226 e. The maximum atomic E-state index is 13.4. The van der Waals surface area contributed by atoms with E-state index in [0.717, 1.165) is 18.5 Å². The van der Waals surface area contributed by atoms with Crippen molar-refractivity contribution in [3.8, 4) is 11.5 Å². The van der Waals surface area contributed by atoms with E-state index in [1.54, 1.807) is 0 Å². The molecule has 1 atom stereocenters. The van der Waals surface area contributed by atoms with Gasteiger partial charge in [0.25, 0.3) is 0 Å². The fourth-order valence-corrected chi connectivity index (χ4v) is 4.37. The molecule has 0 bridgehead atoms. The van der Waals surface area contributed by atoms with Crippen molar-refractivity contribution in [2.45, 2.75) is 54.1 Å². The molecule has 0 radical (unpaired) electrons. The molecule has 0 saturated carbocycles. The molecule has 2 aromatic rings. The van der Waals surface area contributed by atoms with E-state index in [0.29, 0.717) is 55.3 Å². The van der Waals surface area contributed by atoms with Gasteiger partial charge in [0.05, 0.1) is 18.2 Å². The van der Waals surface area contributed by atoms with E-state index in [4.69, 9.17) is 21.1 Å². The second kappa shape index (κ2) is 11.8. The topological polar surface area (TPSA) is 50.8 Å². The van der Waals surface area contributed by atoms with Gasteiger partial charge in [0, 0.05) is 38.5 Å². The van der Waals surface area contributed by atoms with Crippen molar-refractivity contribution in [2.24, 2.45) is 11.8 Å². The van der Waals surface area contributed by atoms with Crippen molar-refractivity contribution in [3.63, 3.8) is 0 Å². The Hall–Kier alpha value is -2.24. The van der Waals surface area contributed by atoms with Crippen LogP contribution < -0.4 is 14.8 Å². The van der Waals surface area contributed by atoms with Gasteiger partial charge in [-0.15, -0.1) is 0 Å². The van der Waals surface area contributed by atoms with Gasteiger partial charge < -0.3 is 19.7 Å². The minimum absolute atomic E-state index is 0.134. The summed E-state index contributed by atoms with van der Waals surface area (Å²) in [7, 11) is 0. The van der Waals surface area contributed by atoms with Gasteiger partial charge in [0.1, 0.15) is 0 Å². The number of nitrogens with zero attached hydrogens (tertiary/aromatic N) is 1. The first kappa shape index (κ1) is 25.4. The maximum absolute atomic E-state index is 13.4. The van der Waals surface area contributed by atoms with E-state index >= 15 is 0 Å². The molecule has 5 nitrogen and oxygen atoms in total. The number of rotatable bonds is 9. The molecule has 0 saturated heterocycles. The van der Waals surface area contributed by atoms with Crippen molar-refractivity contribution in [1.29, 1.82) is 0 Å². The smallest absolute Gasteiger partial charge is 0.226 e. The monoisotopic (exact) mass is 472 g/mol. The van der Waals surface area contributed by atoms with Crippen LogP contribution in [0.25, 0.3) is 0 Å². The van der Waals surface area contributed by atoms with Crippen LogP contribution in [0, 0.1) is 25.7 Å². The van der Waals surface area contributed by atoms with E-state index < -0.39 is 0 Å². The van der Waals surface area contributed by atoms with Crippen LogP contribution in [0.4, 0.5) is 0 Å². The third kappa shape index (κ3) is 7.12. The lowest BCUT2D eigenvalue weighted by Gasteiger charge is -2.28. The van der Waals surface area contributed by atoms with E-state index in [1.807, 2.05) is 24.0 Å². The first-order valence-corrected chi connectivity index (χ1v) is 12.3. The highest BCUT2D eigenvalue weighted by Crippen LogP contribution is 2.38. The van der Waals surface area contributed by atoms with Crippen LogP contribution in [0.3, 0.4) is 0 Å². The lowest BCUT2D eigenvalue weighted by Crippen LogP contribution is -2.40. The van der Waals surface area contributed by atoms with Crippen LogP contribution in [0.1, 0.15) is 49.4 Å². The molecule has 0 fully saturated rings. The summed E-state index contributed by atoms with van der Waals surface area (Å²) in [5, 5.41) is 4.01. The number of carbonyl (C=O) groups excluding carboxylic acids is 1. The normalized spacial score (nSPS) is 14.2. The predicted octanol–water partition coefficient (Wildman–Crippen LogP) is 5.53. The SMILES string of the molecule is Cc1ccc(C)c(CNCC(C)C(=O)N(Cc2cc(Cl)c3c(c2)OCCCO3)CC(C)C)c1. The Kier molecular flexibility index (Phi) is 9.04. The molecule has 1 aliphatic heterocycles. The zero-order chi connectivity index (χ0) is 24.0. The average Bonchev–Trinajstić information content (AvgIpc) is 3.00. The van der Waals surface area contributed by atoms with Crippen LogP contribution in [-0.4, -0.2) is 37.1 Å². The highest BCUT2D eigenvalue weighted by Gasteiger charge is 2.23. The van der Waals surface area contributed by atoms with Crippen LogP contribution in [0.5, 0.6) is 11.5 Å². The summed E-state index contributed by atoms with van der Waals surface area (Å²) in [6, 6.07) is 10.3. The summed E-state index contributed by atoms with van der Waals surface area (Å²) >= 11 is 6.48. The summed E-state index contributed by atoms with van der Waals surface area (Å²) < 4.78 is 11.6. The van der Waals surface area contributed by atoms with Gasteiger partial charge in [-0.1, -0.05) is 56.1 Å². The number of hydrogen-bond donors (Lipinski definition) is 1. The van der Waals surface area contributed by atoms with Crippen LogP contribution in [0.2, 0.25) is 5.02 Å². The molecule has 0 aromatic heterocycles. The summed E-state index contributed by atoms with van der Waals surface area (Å²) in [5.74, 6) is 1.63. The fourth-order valence-electron chi connectivity index (χ4n) is 4.08. The number of benzene rings is 2. The first-order chi connectivity index (χ1) is 15.7.